The van der Waals surface area contributed by atoms with E-state index in [0.29, 0.717) is 5.92 Å². The fourth-order valence-electron chi connectivity index (χ4n) is 2.47. The van der Waals surface area contributed by atoms with Gasteiger partial charge in [0.1, 0.15) is 5.69 Å². The lowest BCUT2D eigenvalue weighted by atomic mass is 10.1. The van der Waals surface area contributed by atoms with Gasteiger partial charge >= 0.3 is 0 Å². The van der Waals surface area contributed by atoms with Crippen LogP contribution >= 0.6 is 15.9 Å². The smallest absolute Gasteiger partial charge is 0.170 e. The van der Waals surface area contributed by atoms with Gasteiger partial charge in [-0.15, -0.1) is 0 Å². The largest absolute Gasteiger partial charge is 0.356 e. The van der Waals surface area contributed by atoms with Crippen molar-refractivity contribution in [2.75, 3.05) is 6.54 Å². The van der Waals surface area contributed by atoms with Crippen molar-refractivity contribution in [2.24, 2.45) is 5.92 Å². The highest BCUT2D eigenvalue weighted by atomic mass is 79.9. The maximum Gasteiger partial charge on any atom is 0.170 e. The van der Waals surface area contributed by atoms with Crippen molar-refractivity contribution in [3.63, 3.8) is 0 Å². The quantitative estimate of drug-likeness (QED) is 0.795. The molecule has 0 saturated heterocycles. The Hall–Kier alpha value is -1.13. The van der Waals surface area contributed by atoms with Crippen LogP contribution in [0.4, 0.5) is 0 Å². The molecule has 1 N–H and O–H groups in total. The van der Waals surface area contributed by atoms with Crippen LogP contribution in [0.5, 0.6) is 0 Å². The molecule has 0 radical (unpaired) electrons. The van der Waals surface area contributed by atoms with E-state index in [2.05, 4.69) is 52.4 Å². The average molecular weight is 321 g/mol. The standard InChI is InChI=1S/C15H17BrN2O/c1-9(2)7-17-8-14-13-6-10-5-11(16)3-4-12(10)15(13)19-18-14/h3-5,9,17H,6-8H2,1-2H3. The number of hydrogen-bond donors (Lipinski definition) is 1. The first-order valence-electron chi connectivity index (χ1n) is 6.62. The Morgan fingerprint density at radius 3 is 3.05 bits per heavy atom. The van der Waals surface area contributed by atoms with Crippen LogP contribution in [0.2, 0.25) is 0 Å². The lowest BCUT2D eigenvalue weighted by Crippen LogP contribution is -2.19. The maximum absolute atomic E-state index is 5.53. The van der Waals surface area contributed by atoms with Gasteiger partial charge in [0.2, 0.25) is 0 Å². The third-order valence-corrected chi connectivity index (χ3v) is 3.89. The van der Waals surface area contributed by atoms with Gasteiger partial charge in [-0.1, -0.05) is 34.9 Å². The number of benzene rings is 1. The van der Waals surface area contributed by atoms with Crippen molar-refractivity contribution in [1.29, 1.82) is 0 Å². The van der Waals surface area contributed by atoms with E-state index in [1.54, 1.807) is 0 Å². The molecule has 0 amide bonds. The molecule has 0 saturated carbocycles. The predicted octanol–water partition coefficient (Wildman–Crippen LogP) is 3.75. The predicted molar refractivity (Wildman–Crippen MR) is 79.0 cm³/mol. The van der Waals surface area contributed by atoms with Crippen molar-refractivity contribution in [3.8, 4) is 11.3 Å². The fraction of sp³-hybridized carbons (Fsp3) is 0.400. The second kappa shape index (κ2) is 5.10. The van der Waals surface area contributed by atoms with E-state index in [4.69, 9.17) is 4.52 Å². The maximum atomic E-state index is 5.53. The third-order valence-electron chi connectivity index (χ3n) is 3.39. The SMILES string of the molecule is CC(C)CNCc1noc2c1Cc1cc(Br)ccc1-2. The van der Waals surface area contributed by atoms with E-state index >= 15 is 0 Å². The molecule has 1 aliphatic carbocycles. The molecule has 1 aromatic heterocycles. The molecule has 0 atom stereocenters. The van der Waals surface area contributed by atoms with Crippen molar-refractivity contribution in [2.45, 2.75) is 26.8 Å². The monoisotopic (exact) mass is 320 g/mol. The number of hydrogen-bond acceptors (Lipinski definition) is 3. The van der Waals surface area contributed by atoms with Crippen molar-refractivity contribution >= 4 is 15.9 Å². The Labute approximate surface area is 121 Å². The first-order chi connectivity index (χ1) is 9.15. The van der Waals surface area contributed by atoms with E-state index < -0.39 is 0 Å². The van der Waals surface area contributed by atoms with Gasteiger partial charge < -0.3 is 9.84 Å². The summed E-state index contributed by atoms with van der Waals surface area (Å²) in [6.07, 6.45) is 0.923. The molecule has 0 bridgehead atoms. The zero-order valence-electron chi connectivity index (χ0n) is 11.2. The molecule has 19 heavy (non-hydrogen) atoms. The second-order valence-corrected chi connectivity index (χ2v) is 6.36. The zero-order chi connectivity index (χ0) is 13.4. The summed E-state index contributed by atoms with van der Waals surface area (Å²) in [5, 5.41) is 7.63. The summed E-state index contributed by atoms with van der Waals surface area (Å²) in [7, 11) is 0. The molecule has 3 nitrogen and oxygen atoms in total. The van der Waals surface area contributed by atoms with Crippen molar-refractivity contribution in [3.05, 3.63) is 39.5 Å². The Morgan fingerprint density at radius 1 is 1.42 bits per heavy atom. The molecule has 0 unspecified atom stereocenters. The minimum absolute atomic E-state index is 0.646. The van der Waals surface area contributed by atoms with E-state index in [1.807, 2.05) is 6.07 Å². The summed E-state index contributed by atoms with van der Waals surface area (Å²) >= 11 is 3.52. The van der Waals surface area contributed by atoms with Crippen LogP contribution in [-0.4, -0.2) is 11.7 Å². The third kappa shape index (κ3) is 2.47. The zero-order valence-corrected chi connectivity index (χ0v) is 12.8. The molecule has 1 aromatic carbocycles. The number of halogens is 1. The van der Waals surface area contributed by atoms with Gasteiger partial charge in [0, 0.05) is 28.6 Å². The average Bonchev–Trinajstić information content (AvgIpc) is 2.88. The molecule has 0 spiro atoms. The van der Waals surface area contributed by atoms with Gasteiger partial charge in [-0.25, -0.2) is 0 Å². The van der Waals surface area contributed by atoms with E-state index in [9.17, 15) is 0 Å². The Morgan fingerprint density at radius 2 is 2.26 bits per heavy atom. The highest BCUT2D eigenvalue weighted by molar-refractivity contribution is 9.10. The Kier molecular flexibility index (Phi) is 3.46. The molecule has 3 rings (SSSR count). The molecule has 1 aliphatic rings. The van der Waals surface area contributed by atoms with Crippen molar-refractivity contribution in [1.82, 2.24) is 10.5 Å². The van der Waals surface area contributed by atoms with Gasteiger partial charge in [0.25, 0.3) is 0 Å². The minimum atomic E-state index is 0.646. The Balaban J connectivity index is 1.81. The molecular weight excluding hydrogens is 304 g/mol. The van der Waals surface area contributed by atoms with Crippen LogP contribution in [0.25, 0.3) is 11.3 Å². The van der Waals surface area contributed by atoms with Crippen LogP contribution in [0.3, 0.4) is 0 Å². The second-order valence-electron chi connectivity index (χ2n) is 5.44. The van der Waals surface area contributed by atoms with E-state index in [-0.39, 0.29) is 0 Å². The van der Waals surface area contributed by atoms with Gasteiger partial charge in [-0.05, 0) is 36.2 Å². The normalized spacial score (nSPS) is 12.8. The highest BCUT2D eigenvalue weighted by Gasteiger charge is 2.26. The minimum Gasteiger partial charge on any atom is -0.356 e. The molecule has 0 aliphatic heterocycles. The summed E-state index contributed by atoms with van der Waals surface area (Å²) < 4.78 is 6.64. The summed E-state index contributed by atoms with van der Waals surface area (Å²) in [4.78, 5) is 0. The molecule has 100 valence electrons. The van der Waals surface area contributed by atoms with Crippen LogP contribution in [0, 0.1) is 5.92 Å². The summed E-state index contributed by atoms with van der Waals surface area (Å²) in [5.41, 5.74) is 4.78. The van der Waals surface area contributed by atoms with Gasteiger partial charge in [-0.3, -0.25) is 0 Å². The number of rotatable bonds is 4. The topological polar surface area (TPSA) is 38.1 Å². The lowest BCUT2D eigenvalue weighted by Gasteiger charge is -2.05. The van der Waals surface area contributed by atoms with Gasteiger partial charge in [0.05, 0.1) is 0 Å². The first kappa shape index (κ1) is 12.9. The van der Waals surface area contributed by atoms with Crippen molar-refractivity contribution < 1.29 is 4.52 Å². The van der Waals surface area contributed by atoms with E-state index in [1.165, 1.54) is 16.7 Å². The summed E-state index contributed by atoms with van der Waals surface area (Å²) in [5.74, 6) is 1.59. The summed E-state index contributed by atoms with van der Waals surface area (Å²) in [6.45, 7) is 6.19. The molecule has 2 aromatic rings. The lowest BCUT2D eigenvalue weighted by molar-refractivity contribution is 0.418. The first-order valence-corrected chi connectivity index (χ1v) is 7.41. The van der Waals surface area contributed by atoms with Crippen LogP contribution < -0.4 is 5.32 Å². The highest BCUT2D eigenvalue weighted by Crippen LogP contribution is 2.39. The number of nitrogens with zero attached hydrogens (tertiary/aromatic N) is 1. The van der Waals surface area contributed by atoms with Gasteiger partial charge in [-0.2, -0.15) is 0 Å². The van der Waals surface area contributed by atoms with Crippen LogP contribution in [0.15, 0.2) is 27.2 Å². The Bertz CT molecular complexity index is 604. The molecule has 0 fully saturated rings. The molecular formula is C15H17BrN2O. The number of aromatic nitrogens is 1. The van der Waals surface area contributed by atoms with E-state index in [0.717, 1.165) is 35.4 Å². The van der Waals surface area contributed by atoms with Gasteiger partial charge in [0.15, 0.2) is 5.76 Å². The molecule has 4 heteroatoms. The van der Waals surface area contributed by atoms with Crippen LogP contribution in [0.1, 0.15) is 30.7 Å². The molecule has 1 heterocycles. The van der Waals surface area contributed by atoms with Crippen LogP contribution in [-0.2, 0) is 13.0 Å². The fourth-order valence-corrected chi connectivity index (χ4v) is 2.88. The number of nitrogens with one attached hydrogen (secondary N) is 1. The summed E-state index contributed by atoms with van der Waals surface area (Å²) in [6, 6.07) is 6.31. The number of fused-ring (bicyclic) bond motifs is 3.